The number of ether oxygens (including phenoxy) is 1. The first kappa shape index (κ1) is 23.5. The second kappa shape index (κ2) is 9.82. The van der Waals surface area contributed by atoms with Gasteiger partial charge in [-0.15, -0.1) is 0 Å². The van der Waals surface area contributed by atoms with Crippen LogP contribution in [0.1, 0.15) is 36.0 Å². The van der Waals surface area contributed by atoms with Gasteiger partial charge in [0.25, 0.3) is 5.91 Å². The molecule has 1 saturated carbocycles. The van der Waals surface area contributed by atoms with Gasteiger partial charge in [-0.1, -0.05) is 11.6 Å². The first-order chi connectivity index (χ1) is 17.4. The van der Waals surface area contributed by atoms with Crippen LogP contribution in [-0.2, 0) is 11.8 Å². The highest BCUT2D eigenvalue weighted by Gasteiger charge is 2.26. The fraction of sp³-hybridized carbons (Fsp3) is 0.304. The second-order valence-electron chi connectivity index (χ2n) is 8.63. The van der Waals surface area contributed by atoms with Crippen LogP contribution in [0.3, 0.4) is 0 Å². The number of nitrogens with zero attached hydrogens (tertiary/aromatic N) is 6. The number of nitrogens with one attached hydrogen (secondary N) is 2. The van der Waals surface area contributed by atoms with Crippen molar-refractivity contribution in [1.29, 1.82) is 0 Å². The number of aryl methyl sites for hydroxylation is 1. The van der Waals surface area contributed by atoms with Crippen LogP contribution in [-0.4, -0.2) is 53.5 Å². The highest BCUT2D eigenvalue weighted by molar-refractivity contribution is 6.30. The number of carbonyl (C=O) groups excluding carboxylic acids is 2. The molecule has 4 aromatic rings. The topological polar surface area (TPSA) is 154 Å². The zero-order valence-electron chi connectivity index (χ0n) is 19.4. The number of amides is 2. The molecule has 1 aliphatic rings. The summed E-state index contributed by atoms with van der Waals surface area (Å²) in [7, 11) is 1.81. The van der Waals surface area contributed by atoms with Crippen molar-refractivity contribution in [1.82, 2.24) is 34.7 Å². The van der Waals surface area contributed by atoms with Crippen LogP contribution < -0.4 is 16.4 Å². The number of pyridine rings is 1. The average Bonchev–Trinajstić information content (AvgIpc) is 3.45. The van der Waals surface area contributed by atoms with Crippen molar-refractivity contribution >= 4 is 40.6 Å². The monoisotopic (exact) mass is 509 g/mol. The van der Waals surface area contributed by atoms with Crippen LogP contribution in [0.4, 0.5) is 16.2 Å². The fourth-order valence-corrected chi connectivity index (χ4v) is 4.45. The number of rotatable bonds is 6. The molecule has 4 aromatic heterocycles. The highest BCUT2D eigenvalue weighted by atomic mass is 35.5. The number of nitrogens with two attached hydrogens (primary N) is 1. The molecule has 4 heterocycles. The molecular weight excluding hydrogens is 486 g/mol. The standard InChI is InChI=1S/C23H24ClN9O3/c1-32-12-15(8-28-32)30-20-6-19(17-10-29-33-11-13(24)7-27-21(17)33)26-9-18(20)22(34)31-14-2-4-16(5-3-14)36-23(25)35/h6-12,14,16H,2-5H2,1H3,(H2,25,35)(H,26,30)(H,31,34). The summed E-state index contributed by atoms with van der Waals surface area (Å²) >= 11 is 6.03. The van der Waals surface area contributed by atoms with E-state index in [1.165, 1.54) is 6.20 Å². The van der Waals surface area contributed by atoms with E-state index in [-0.39, 0.29) is 18.1 Å². The summed E-state index contributed by atoms with van der Waals surface area (Å²) in [6.07, 6.45) is 11.5. The number of aromatic nitrogens is 6. The molecule has 186 valence electrons. The van der Waals surface area contributed by atoms with Gasteiger partial charge in [0.1, 0.15) is 6.10 Å². The van der Waals surface area contributed by atoms with E-state index in [0.29, 0.717) is 58.9 Å². The highest BCUT2D eigenvalue weighted by Crippen LogP contribution is 2.29. The summed E-state index contributed by atoms with van der Waals surface area (Å²) in [5.74, 6) is -0.260. The smallest absolute Gasteiger partial charge is 0.404 e. The molecule has 0 aromatic carbocycles. The normalized spacial score (nSPS) is 17.6. The molecule has 5 rings (SSSR count). The van der Waals surface area contributed by atoms with Gasteiger partial charge >= 0.3 is 6.09 Å². The van der Waals surface area contributed by atoms with E-state index in [1.807, 2.05) is 7.05 Å². The lowest BCUT2D eigenvalue weighted by Crippen LogP contribution is -2.40. The van der Waals surface area contributed by atoms with Crippen molar-refractivity contribution in [2.75, 3.05) is 5.32 Å². The molecule has 0 bridgehead atoms. The van der Waals surface area contributed by atoms with E-state index in [1.54, 1.807) is 46.2 Å². The Morgan fingerprint density at radius 3 is 2.61 bits per heavy atom. The van der Waals surface area contributed by atoms with Gasteiger partial charge in [0.2, 0.25) is 0 Å². The maximum Gasteiger partial charge on any atom is 0.404 e. The molecule has 36 heavy (non-hydrogen) atoms. The molecule has 1 aliphatic carbocycles. The molecule has 0 radical (unpaired) electrons. The molecule has 0 unspecified atom stereocenters. The van der Waals surface area contributed by atoms with E-state index < -0.39 is 6.09 Å². The third-order valence-corrected chi connectivity index (χ3v) is 6.22. The van der Waals surface area contributed by atoms with E-state index in [9.17, 15) is 9.59 Å². The molecule has 4 N–H and O–H groups in total. The Bertz CT molecular complexity index is 1430. The Morgan fingerprint density at radius 2 is 1.89 bits per heavy atom. The van der Waals surface area contributed by atoms with Gasteiger partial charge < -0.3 is 21.1 Å². The number of fused-ring (bicyclic) bond motifs is 1. The number of hydrogen-bond donors (Lipinski definition) is 3. The minimum absolute atomic E-state index is 0.0512. The number of hydrogen-bond acceptors (Lipinski definition) is 8. The van der Waals surface area contributed by atoms with E-state index in [2.05, 4.69) is 30.8 Å². The maximum atomic E-state index is 13.3. The minimum Gasteiger partial charge on any atom is -0.446 e. The maximum absolute atomic E-state index is 13.3. The van der Waals surface area contributed by atoms with Crippen LogP contribution >= 0.6 is 11.6 Å². The fourth-order valence-electron chi connectivity index (χ4n) is 4.31. The third kappa shape index (κ3) is 5.08. The van der Waals surface area contributed by atoms with Crippen LogP contribution in [0, 0.1) is 0 Å². The largest absolute Gasteiger partial charge is 0.446 e. The first-order valence-corrected chi connectivity index (χ1v) is 11.8. The van der Waals surface area contributed by atoms with Crippen molar-refractivity contribution in [2.24, 2.45) is 12.8 Å². The SMILES string of the molecule is Cn1cc(Nc2cc(-c3cnn4cc(Cl)cnc34)ncc2C(=O)NC2CCC(OC(N)=O)CC2)cn1. The van der Waals surface area contributed by atoms with Crippen molar-refractivity contribution in [3.8, 4) is 11.3 Å². The van der Waals surface area contributed by atoms with Crippen molar-refractivity contribution in [2.45, 2.75) is 37.8 Å². The van der Waals surface area contributed by atoms with Gasteiger partial charge in [0.05, 0.1) is 51.8 Å². The molecular formula is C23H24ClN9O3. The molecule has 0 saturated heterocycles. The van der Waals surface area contributed by atoms with E-state index in [0.717, 1.165) is 5.69 Å². The summed E-state index contributed by atoms with van der Waals surface area (Å²) in [6.45, 7) is 0. The zero-order valence-corrected chi connectivity index (χ0v) is 20.1. The Balaban J connectivity index is 1.41. The number of anilines is 2. The summed E-state index contributed by atoms with van der Waals surface area (Å²) in [6, 6.07) is 1.73. The van der Waals surface area contributed by atoms with Gasteiger partial charge in [-0.3, -0.25) is 14.5 Å². The van der Waals surface area contributed by atoms with Gasteiger partial charge in [0.15, 0.2) is 5.65 Å². The summed E-state index contributed by atoms with van der Waals surface area (Å²) in [4.78, 5) is 33.2. The average molecular weight is 510 g/mol. The minimum atomic E-state index is -0.774. The van der Waals surface area contributed by atoms with Crippen molar-refractivity contribution in [3.63, 3.8) is 0 Å². The van der Waals surface area contributed by atoms with Crippen LogP contribution in [0.2, 0.25) is 5.02 Å². The zero-order chi connectivity index (χ0) is 25.2. The van der Waals surface area contributed by atoms with Gasteiger partial charge in [0, 0.05) is 31.7 Å². The van der Waals surface area contributed by atoms with Crippen molar-refractivity contribution in [3.05, 3.63) is 53.8 Å². The molecule has 1 fully saturated rings. The lowest BCUT2D eigenvalue weighted by atomic mass is 9.92. The van der Waals surface area contributed by atoms with Gasteiger partial charge in [-0.25, -0.2) is 14.3 Å². The predicted octanol–water partition coefficient (Wildman–Crippen LogP) is 3.06. The van der Waals surface area contributed by atoms with Crippen molar-refractivity contribution < 1.29 is 14.3 Å². The quantitative estimate of drug-likeness (QED) is 0.358. The summed E-state index contributed by atoms with van der Waals surface area (Å²) < 4.78 is 8.32. The molecule has 0 aliphatic heterocycles. The third-order valence-electron chi connectivity index (χ3n) is 6.03. The molecule has 13 heteroatoms. The number of primary amides is 1. The van der Waals surface area contributed by atoms with Crippen LogP contribution in [0.15, 0.2) is 43.2 Å². The lowest BCUT2D eigenvalue weighted by molar-refractivity contribution is 0.0711. The summed E-state index contributed by atoms with van der Waals surface area (Å²) in [5.41, 5.74) is 8.65. The molecule has 0 atom stereocenters. The summed E-state index contributed by atoms with van der Waals surface area (Å²) in [5, 5.41) is 15.3. The second-order valence-corrected chi connectivity index (χ2v) is 9.06. The van der Waals surface area contributed by atoms with Crippen LogP contribution in [0.5, 0.6) is 0 Å². The number of carbonyl (C=O) groups is 2. The Morgan fingerprint density at radius 1 is 1.08 bits per heavy atom. The molecule has 2 amide bonds. The Hall–Kier alpha value is -4.19. The van der Waals surface area contributed by atoms with E-state index in [4.69, 9.17) is 22.1 Å². The van der Waals surface area contributed by atoms with E-state index >= 15 is 0 Å². The van der Waals surface area contributed by atoms with Crippen LogP contribution in [0.25, 0.3) is 16.9 Å². The van der Waals surface area contributed by atoms with Gasteiger partial charge in [-0.2, -0.15) is 10.2 Å². The predicted molar refractivity (Wildman–Crippen MR) is 132 cm³/mol. The lowest BCUT2D eigenvalue weighted by Gasteiger charge is -2.28. The molecule has 12 nitrogen and oxygen atoms in total. The van der Waals surface area contributed by atoms with Gasteiger partial charge in [-0.05, 0) is 31.7 Å². The Labute approximate surface area is 210 Å². The molecule has 0 spiro atoms. The first-order valence-electron chi connectivity index (χ1n) is 11.4. The number of halogens is 1. The Kier molecular flexibility index (Phi) is 6.42.